The molecular formula is C28H26N2O4S2. The maximum atomic E-state index is 13.1. The van der Waals surface area contributed by atoms with Crippen LogP contribution in [0.25, 0.3) is 6.08 Å². The van der Waals surface area contributed by atoms with Gasteiger partial charge in [-0.2, -0.15) is 0 Å². The van der Waals surface area contributed by atoms with E-state index in [-0.39, 0.29) is 18.4 Å². The molecule has 6 nitrogen and oxygen atoms in total. The lowest BCUT2D eigenvalue weighted by atomic mass is 10.1. The van der Waals surface area contributed by atoms with E-state index in [0.29, 0.717) is 26.4 Å². The summed E-state index contributed by atoms with van der Waals surface area (Å²) in [5, 5.41) is 2.80. The number of methoxy groups -OCH3 is 1. The minimum absolute atomic E-state index is 0.165. The highest BCUT2D eigenvalue weighted by atomic mass is 32.2. The lowest BCUT2D eigenvalue weighted by molar-refractivity contribution is -0.118. The third kappa shape index (κ3) is 5.95. The second kappa shape index (κ2) is 11.4. The number of carbonyl (C=O) groups is 2. The van der Waals surface area contributed by atoms with Crippen LogP contribution in [0.3, 0.4) is 0 Å². The minimum Gasteiger partial charge on any atom is -0.493 e. The Morgan fingerprint density at radius 3 is 2.44 bits per heavy atom. The van der Waals surface area contributed by atoms with E-state index in [2.05, 4.69) is 12.2 Å². The molecule has 1 aliphatic rings. The molecule has 0 atom stereocenters. The average molecular weight is 519 g/mol. The third-order valence-electron chi connectivity index (χ3n) is 5.58. The van der Waals surface area contributed by atoms with E-state index < -0.39 is 0 Å². The number of ether oxygens (including phenoxy) is 2. The Hall–Kier alpha value is -3.62. The van der Waals surface area contributed by atoms with Crippen LogP contribution in [-0.4, -0.2) is 29.9 Å². The summed E-state index contributed by atoms with van der Waals surface area (Å²) in [5.74, 6) is 0.441. The number of thiocarbonyl (C=S) groups is 1. The van der Waals surface area contributed by atoms with Crippen LogP contribution in [0, 0.1) is 6.92 Å². The van der Waals surface area contributed by atoms with Crippen molar-refractivity contribution in [3.05, 3.63) is 88.3 Å². The van der Waals surface area contributed by atoms with Gasteiger partial charge in [-0.15, -0.1) is 0 Å². The van der Waals surface area contributed by atoms with Crippen LogP contribution in [0.15, 0.2) is 71.6 Å². The first-order valence-electron chi connectivity index (χ1n) is 11.4. The number of hydrogen-bond donors (Lipinski definition) is 1. The van der Waals surface area contributed by atoms with Crippen molar-refractivity contribution in [1.82, 2.24) is 0 Å². The molecule has 3 aromatic carbocycles. The Morgan fingerprint density at radius 1 is 1.06 bits per heavy atom. The summed E-state index contributed by atoms with van der Waals surface area (Å²) in [5.41, 5.74) is 4.52. The normalized spacial score (nSPS) is 14.3. The maximum Gasteiger partial charge on any atom is 0.270 e. The molecular weight excluding hydrogens is 492 g/mol. The Kier molecular flexibility index (Phi) is 8.07. The molecule has 1 fully saturated rings. The number of thioether (sulfide) groups is 1. The van der Waals surface area contributed by atoms with Gasteiger partial charge in [-0.05, 0) is 66.9 Å². The van der Waals surface area contributed by atoms with Gasteiger partial charge in [0.05, 0.1) is 17.7 Å². The van der Waals surface area contributed by atoms with Crippen molar-refractivity contribution in [2.75, 3.05) is 23.9 Å². The number of carbonyl (C=O) groups excluding carboxylic acids is 2. The molecule has 3 aromatic rings. The number of rotatable bonds is 8. The summed E-state index contributed by atoms with van der Waals surface area (Å²) in [6, 6.07) is 20.6. The third-order valence-corrected chi connectivity index (χ3v) is 6.88. The largest absolute Gasteiger partial charge is 0.493 e. The van der Waals surface area contributed by atoms with Crippen molar-refractivity contribution >= 4 is 57.6 Å². The highest BCUT2D eigenvalue weighted by Gasteiger charge is 2.33. The smallest absolute Gasteiger partial charge is 0.270 e. The molecule has 36 heavy (non-hydrogen) atoms. The fraction of sp³-hybridized carbons (Fsp3) is 0.179. The first kappa shape index (κ1) is 25.5. The molecule has 0 saturated carbocycles. The van der Waals surface area contributed by atoms with Crippen LogP contribution in [0.5, 0.6) is 11.5 Å². The van der Waals surface area contributed by atoms with Crippen LogP contribution in [0.4, 0.5) is 11.4 Å². The number of amides is 2. The molecule has 184 valence electrons. The molecule has 1 aliphatic heterocycles. The van der Waals surface area contributed by atoms with Gasteiger partial charge in [0.1, 0.15) is 0 Å². The Balaban J connectivity index is 1.44. The van der Waals surface area contributed by atoms with Gasteiger partial charge in [0.15, 0.2) is 22.4 Å². The van der Waals surface area contributed by atoms with E-state index in [1.54, 1.807) is 29.2 Å². The molecule has 0 unspecified atom stereocenters. The van der Waals surface area contributed by atoms with Gasteiger partial charge >= 0.3 is 0 Å². The molecule has 0 spiro atoms. The molecule has 0 bridgehead atoms. The standard InChI is InChI=1S/C28H26N2O4S2/c1-4-19-7-12-22(13-8-19)30-27(32)25(36-28(30)35)16-20-9-14-23(24(15-20)33-3)34-17-26(31)29-21-10-5-18(2)6-11-21/h5-16H,4,17H2,1-3H3,(H,29,31)/b25-16-. The molecule has 0 aliphatic carbocycles. The first-order chi connectivity index (χ1) is 17.4. The second-order valence-electron chi connectivity index (χ2n) is 8.15. The minimum atomic E-state index is -0.277. The summed E-state index contributed by atoms with van der Waals surface area (Å²) in [6.45, 7) is 3.90. The molecule has 8 heteroatoms. The average Bonchev–Trinajstić information content (AvgIpc) is 3.16. The fourth-order valence-corrected chi connectivity index (χ4v) is 4.89. The lowest BCUT2D eigenvalue weighted by Gasteiger charge is -2.14. The number of anilines is 2. The first-order valence-corrected chi connectivity index (χ1v) is 12.6. The van der Waals surface area contributed by atoms with Gasteiger partial charge < -0.3 is 14.8 Å². The molecule has 1 heterocycles. The molecule has 4 rings (SSSR count). The van der Waals surface area contributed by atoms with Crippen molar-refractivity contribution in [1.29, 1.82) is 0 Å². The SMILES string of the molecule is CCc1ccc(N2C(=O)/C(=C/c3ccc(OCC(=O)Nc4ccc(C)cc4)c(OC)c3)SC2=S)cc1. The fourth-order valence-electron chi connectivity index (χ4n) is 3.59. The zero-order valence-corrected chi connectivity index (χ0v) is 21.9. The van der Waals surface area contributed by atoms with Crippen LogP contribution < -0.4 is 19.7 Å². The van der Waals surface area contributed by atoms with Crippen molar-refractivity contribution in [2.24, 2.45) is 0 Å². The van der Waals surface area contributed by atoms with Crippen molar-refractivity contribution < 1.29 is 19.1 Å². The van der Waals surface area contributed by atoms with Gasteiger partial charge in [0.2, 0.25) is 0 Å². The number of hydrogen-bond acceptors (Lipinski definition) is 6. The highest BCUT2D eigenvalue weighted by Crippen LogP contribution is 2.37. The Labute approximate surface area is 220 Å². The second-order valence-corrected chi connectivity index (χ2v) is 9.83. The molecule has 2 amide bonds. The lowest BCUT2D eigenvalue weighted by Crippen LogP contribution is -2.27. The number of benzene rings is 3. The summed E-state index contributed by atoms with van der Waals surface area (Å²) in [6.07, 6.45) is 2.70. The summed E-state index contributed by atoms with van der Waals surface area (Å²) in [4.78, 5) is 27.4. The summed E-state index contributed by atoms with van der Waals surface area (Å²) in [7, 11) is 1.53. The zero-order chi connectivity index (χ0) is 25.7. The number of aryl methyl sites for hydroxylation is 2. The van der Waals surface area contributed by atoms with E-state index in [4.69, 9.17) is 21.7 Å². The predicted octanol–water partition coefficient (Wildman–Crippen LogP) is 5.99. The van der Waals surface area contributed by atoms with Gasteiger partial charge in [-0.3, -0.25) is 14.5 Å². The van der Waals surface area contributed by atoms with Crippen molar-refractivity contribution in [2.45, 2.75) is 20.3 Å². The molecule has 1 saturated heterocycles. The van der Waals surface area contributed by atoms with E-state index in [1.807, 2.05) is 55.5 Å². The van der Waals surface area contributed by atoms with E-state index in [1.165, 1.54) is 24.4 Å². The van der Waals surface area contributed by atoms with Gasteiger partial charge in [-0.1, -0.05) is 66.8 Å². The Bertz CT molecular complexity index is 1320. The molecule has 0 aromatic heterocycles. The quantitative estimate of drug-likeness (QED) is 0.292. The zero-order valence-electron chi connectivity index (χ0n) is 20.2. The van der Waals surface area contributed by atoms with E-state index >= 15 is 0 Å². The topological polar surface area (TPSA) is 67.9 Å². The number of nitrogens with one attached hydrogen (secondary N) is 1. The maximum absolute atomic E-state index is 13.1. The van der Waals surface area contributed by atoms with Crippen molar-refractivity contribution in [3.63, 3.8) is 0 Å². The van der Waals surface area contributed by atoms with Gasteiger partial charge in [0, 0.05) is 5.69 Å². The van der Waals surface area contributed by atoms with Crippen LogP contribution in [0.2, 0.25) is 0 Å². The monoisotopic (exact) mass is 518 g/mol. The number of nitrogens with zero attached hydrogens (tertiary/aromatic N) is 1. The van der Waals surface area contributed by atoms with Gasteiger partial charge in [-0.25, -0.2) is 0 Å². The molecule has 0 radical (unpaired) electrons. The highest BCUT2D eigenvalue weighted by molar-refractivity contribution is 8.27. The van der Waals surface area contributed by atoms with Crippen LogP contribution >= 0.6 is 24.0 Å². The van der Waals surface area contributed by atoms with Crippen molar-refractivity contribution in [3.8, 4) is 11.5 Å². The summed E-state index contributed by atoms with van der Waals surface area (Å²) >= 11 is 6.74. The Morgan fingerprint density at radius 2 is 1.78 bits per heavy atom. The predicted molar refractivity (Wildman–Crippen MR) is 150 cm³/mol. The summed E-state index contributed by atoms with van der Waals surface area (Å²) < 4.78 is 11.6. The van der Waals surface area contributed by atoms with Crippen LogP contribution in [0.1, 0.15) is 23.6 Å². The van der Waals surface area contributed by atoms with Crippen LogP contribution in [-0.2, 0) is 16.0 Å². The van der Waals surface area contributed by atoms with E-state index in [9.17, 15) is 9.59 Å². The van der Waals surface area contributed by atoms with Gasteiger partial charge in [0.25, 0.3) is 11.8 Å². The molecule has 1 N–H and O–H groups in total. The van der Waals surface area contributed by atoms with E-state index in [0.717, 1.165) is 23.2 Å².